The van der Waals surface area contributed by atoms with E-state index in [0.29, 0.717) is 12.5 Å². The minimum absolute atomic E-state index is 0.0648. The number of β-amino-alcohol motifs (C(OH)–C–C–N with tert-alkyl or cyclic N) is 1. The van der Waals surface area contributed by atoms with E-state index in [0.717, 1.165) is 44.8 Å². The Hall–Kier alpha value is -1.83. The Kier molecular flexibility index (Phi) is 10.6. The summed E-state index contributed by atoms with van der Waals surface area (Å²) >= 11 is 0. The van der Waals surface area contributed by atoms with Gasteiger partial charge >= 0.3 is 6.09 Å². The summed E-state index contributed by atoms with van der Waals surface area (Å²) in [4.78, 5) is 10.0. The molecule has 2 atom stereocenters. The van der Waals surface area contributed by atoms with Crippen LogP contribution in [0.1, 0.15) is 18.4 Å². The molecule has 0 bridgehead atoms. The first-order valence-corrected chi connectivity index (χ1v) is 8.68. The van der Waals surface area contributed by atoms with Gasteiger partial charge in [0.1, 0.15) is 5.75 Å². The first kappa shape index (κ1) is 21.2. The molecule has 142 valence electrons. The molecule has 0 radical (unpaired) electrons. The van der Waals surface area contributed by atoms with Gasteiger partial charge in [-0.3, -0.25) is 0 Å². The molecule has 7 nitrogen and oxygen atoms in total. The van der Waals surface area contributed by atoms with Crippen LogP contribution in [0.4, 0.5) is 4.79 Å². The van der Waals surface area contributed by atoms with E-state index < -0.39 is 6.09 Å². The van der Waals surface area contributed by atoms with Crippen LogP contribution in [0.15, 0.2) is 24.3 Å². The molecule has 2 aliphatic heterocycles. The lowest BCUT2D eigenvalue weighted by atomic mass is 10.1. The van der Waals surface area contributed by atoms with Crippen LogP contribution in [0.25, 0.3) is 0 Å². The molecule has 2 saturated heterocycles. The van der Waals surface area contributed by atoms with Gasteiger partial charge in [0.25, 0.3) is 0 Å². The first-order chi connectivity index (χ1) is 12.0. The maximum absolute atomic E-state index is 10.0. The van der Waals surface area contributed by atoms with E-state index in [9.17, 15) is 4.79 Å². The lowest BCUT2D eigenvalue weighted by molar-refractivity contribution is 0.192. The fourth-order valence-corrected chi connectivity index (χ4v) is 2.43. The van der Waals surface area contributed by atoms with Crippen molar-refractivity contribution >= 4 is 6.09 Å². The number of rotatable bonds is 3. The number of aryl methyl sites for hydroxylation is 1. The Morgan fingerprint density at radius 2 is 1.84 bits per heavy atom. The molecular weight excluding hydrogens is 322 g/mol. The molecule has 3 rings (SSSR count). The standard InChI is InChI=1S/C8H10O.C6H12N2O2.C4H9NO/c1-7-3-5-8(9-2)6-4-7;9-6(10)8-4-5-1-2-7-3-5;6-4-1-2-5-3-4/h3-6H,1-2H3;5,7-8H,1-4H2,(H,9,10);4-6H,1-3H2. The van der Waals surface area contributed by atoms with Gasteiger partial charge in [0.15, 0.2) is 0 Å². The second kappa shape index (κ2) is 12.5. The van der Waals surface area contributed by atoms with Crippen molar-refractivity contribution < 1.29 is 19.7 Å². The number of amides is 1. The predicted molar refractivity (Wildman–Crippen MR) is 98.2 cm³/mol. The highest BCUT2D eigenvalue weighted by molar-refractivity contribution is 5.64. The molecule has 0 spiro atoms. The van der Waals surface area contributed by atoms with Crippen LogP contribution in [0, 0.1) is 12.8 Å². The molecule has 2 aliphatic rings. The first-order valence-electron chi connectivity index (χ1n) is 8.68. The summed E-state index contributed by atoms with van der Waals surface area (Å²) in [6.07, 6.45) is 1.03. The van der Waals surface area contributed by atoms with E-state index in [2.05, 4.69) is 22.9 Å². The van der Waals surface area contributed by atoms with E-state index in [1.807, 2.05) is 24.3 Å². The fraction of sp³-hybridized carbons (Fsp3) is 0.611. The van der Waals surface area contributed by atoms with Crippen molar-refractivity contribution in [1.29, 1.82) is 0 Å². The van der Waals surface area contributed by atoms with Crippen molar-refractivity contribution in [3.05, 3.63) is 29.8 Å². The zero-order valence-corrected chi connectivity index (χ0v) is 15.1. The van der Waals surface area contributed by atoms with Gasteiger partial charge in [0.05, 0.1) is 13.2 Å². The number of methoxy groups -OCH3 is 1. The topological polar surface area (TPSA) is 103 Å². The Morgan fingerprint density at radius 1 is 1.20 bits per heavy atom. The number of hydrogen-bond donors (Lipinski definition) is 5. The van der Waals surface area contributed by atoms with E-state index >= 15 is 0 Å². The molecule has 2 fully saturated rings. The molecule has 0 aromatic heterocycles. The molecular formula is C18H31N3O4. The van der Waals surface area contributed by atoms with Crippen LogP contribution < -0.4 is 20.7 Å². The second-order valence-electron chi connectivity index (χ2n) is 6.21. The number of carboxylic acid groups (broad SMARTS) is 1. The van der Waals surface area contributed by atoms with Crippen molar-refractivity contribution in [3.8, 4) is 5.75 Å². The molecule has 2 heterocycles. The minimum atomic E-state index is -0.924. The average Bonchev–Trinajstić information content (AvgIpc) is 3.28. The third-order valence-electron chi connectivity index (χ3n) is 4.00. The number of nitrogens with one attached hydrogen (secondary N) is 3. The smallest absolute Gasteiger partial charge is 0.404 e. The summed E-state index contributed by atoms with van der Waals surface area (Å²) in [7, 11) is 1.67. The van der Waals surface area contributed by atoms with Crippen LogP contribution >= 0.6 is 0 Å². The molecule has 0 saturated carbocycles. The maximum Gasteiger partial charge on any atom is 0.404 e. The second-order valence-corrected chi connectivity index (χ2v) is 6.21. The number of carbonyl (C=O) groups is 1. The summed E-state index contributed by atoms with van der Waals surface area (Å²) < 4.78 is 4.97. The van der Waals surface area contributed by atoms with E-state index in [-0.39, 0.29) is 6.10 Å². The van der Waals surface area contributed by atoms with Crippen molar-refractivity contribution in [3.63, 3.8) is 0 Å². The zero-order valence-electron chi connectivity index (χ0n) is 15.1. The summed E-state index contributed by atoms with van der Waals surface area (Å²) in [5.74, 6) is 1.41. The number of aliphatic hydroxyl groups excluding tert-OH is 1. The summed E-state index contributed by atoms with van der Waals surface area (Å²) in [6.45, 7) is 6.38. The molecule has 5 N–H and O–H groups in total. The summed E-state index contributed by atoms with van der Waals surface area (Å²) in [5.41, 5.74) is 1.26. The van der Waals surface area contributed by atoms with Gasteiger partial charge < -0.3 is 30.9 Å². The molecule has 2 unspecified atom stereocenters. The highest BCUT2D eigenvalue weighted by Crippen LogP contribution is 2.09. The van der Waals surface area contributed by atoms with Crippen LogP contribution in [0.5, 0.6) is 5.75 Å². The minimum Gasteiger partial charge on any atom is -0.497 e. The van der Waals surface area contributed by atoms with Gasteiger partial charge in [0, 0.05) is 13.1 Å². The van der Waals surface area contributed by atoms with Gasteiger partial charge in [-0.05, 0) is 57.5 Å². The third kappa shape index (κ3) is 10.6. The van der Waals surface area contributed by atoms with Crippen molar-refractivity contribution in [2.24, 2.45) is 5.92 Å². The maximum atomic E-state index is 10.0. The predicted octanol–water partition coefficient (Wildman–Crippen LogP) is 1.21. The Bertz CT molecular complexity index is 470. The number of aliphatic hydroxyl groups is 1. The Labute approximate surface area is 149 Å². The lowest BCUT2D eigenvalue weighted by Crippen LogP contribution is -2.28. The van der Waals surface area contributed by atoms with E-state index in [4.69, 9.17) is 14.9 Å². The van der Waals surface area contributed by atoms with Crippen molar-refractivity contribution in [2.45, 2.75) is 25.9 Å². The van der Waals surface area contributed by atoms with Crippen LogP contribution in [0.2, 0.25) is 0 Å². The van der Waals surface area contributed by atoms with Gasteiger partial charge in [0.2, 0.25) is 0 Å². The largest absolute Gasteiger partial charge is 0.497 e. The van der Waals surface area contributed by atoms with Crippen molar-refractivity contribution in [1.82, 2.24) is 16.0 Å². The van der Waals surface area contributed by atoms with E-state index in [1.165, 1.54) is 5.56 Å². The van der Waals surface area contributed by atoms with Crippen LogP contribution in [0.3, 0.4) is 0 Å². The summed E-state index contributed by atoms with van der Waals surface area (Å²) in [6, 6.07) is 7.96. The molecule has 1 aromatic rings. The van der Waals surface area contributed by atoms with Gasteiger partial charge in [-0.25, -0.2) is 4.79 Å². The number of hydrogen-bond acceptors (Lipinski definition) is 5. The number of benzene rings is 1. The molecule has 7 heteroatoms. The van der Waals surface area contributed by atoms with Gasteiger partial charge in [-0.2, -0.15) is 0 Å². The Morgan fingerprint density at radius 3 is 2.24 bits per heavy atom. The Balaban J connectivity index is 0.000000193. The third-order valence-corrected chi connectivity index (χ3v) is 4.00. The summed E-state index contributed by atoms with van der Waals surface area (Å²) in [5, 5.41) is 25.5. The van der Waals surface area contributed by atoms with Crippen LogP contribution in [-0.2, 0) is 0 Å². The fourth-order valence-electron chi connectivity index (χ4n) is 2.43. The molecule has 0 aliphatic carbocycles. The van der Waals surface area contributed by atoms with Gasteiger partial charge in [-0.15, -0.1) is 0 Å². The SMILES string of the molecule is COc1ccc(C)cc1.O=C(O)NCC1CCNC1.OC1CCNC1. The highest BCUT2D eigenvalue weighted by Gasteiger charge is 2.14. The quantitative estimate of drug-likeness (QED) is 0.560. The van der Waals surface area contributed by atoms with Crippen LogP contribution in [-0.4, -0.2) is 62.2 Å². The lowest BCUT2D eigenvalue weighted by Gasteiger charge is -2.05. The highest BCUT2D eigenvalue weighted by atomic mass is 16.5. The van der Waals surface area contributed by atoms with E-state index in [1.54, 1.807) is 7.11 Å². The average molecular weight is 353 g/mol. The normalized spacial score (nSPS) is 21.4. The molecule has 1 aromatic carbocycles. The number of ether oxygens (including phenoxy) is 1. The molecule has 25 heavy (non-hydrogen) atoms. The van der Waals surface area contributed by atoms with Crippen molar-refractivity contribution in [2.75, 3.05) is 39.8 Å². The van der Waals surface area contributed by atoms with Gasteiger partial charge in [-0.1, -0.05) is 17.7 Å². The zero-order chi connectivity index (χ0) is 18.5. The molecule has 1 amide bonds. The monoisotopic (exact) mass is 353 g/mol.